The minimum Gasteiger partial charge on any atom is -0.388 e. The Morgan fingerprint density at radius 3 is 1.60 bits per heavy atom. The molecule has 2 atom stereocenters. The monoisotopic (exact) mass is 787 g/mol. The molecular weight excluding hydrogens is 717 g/mol. The summed E-state index contributed by atoms with van der Waals surface area (Å²) >= 11 is 0. The molecule has 2 aliphatic heterocycles. The van der Waals surface area contributed by atoms with Crippen molar-refractivity contribution in [1.29, 1.82) is 0 Å². The molecule has 2 heterocycles. The summed E-state index contributed by atoms with van der Waals surface area (Å²) in [4.78, 5) is 29.9. The van der Waals surface area contributed by atoms with Crippen LogP contribution in [0.2, 0.25) is 0 Å². The first-order valence-electron chi connectivity index (χ1n) is 21.9. The molecule has 0 aliphatic carbocycles. The lowest BCUT2D eigenvalue weighted by atomic mass is 9.86. The summed E-state index contributed by atoms with van der Waals surface area (Å²) in [7, 11) is 0. The highest BCUT2D eigenvalue weighted by Crippen LogP contribution is 2.31. The molecule has 0 bridgehead atoms. The van der Waals surface area contributed by atoms with Crippen molar-refractivity contribution in [1.82, 2.24) is 9.80 Å². The zero-order valence-electron chi connectivity index (χ0n) is 36.2. The summed E-state index contributed by atoms with van der Waals surface area (Å²) in [5.74, 6) is 0.982. The van der Waals surface area contributed by atoms with Crippen LogP contribution in [-0.4, -0.2) is 70.8 Å². The normalized spacial score (nSPS) is 17.2. The molecule has 2 aliphatic rings. The largest absolute Gasteiger partial charge is 0.388 e. The smallest absolute Gasteiger partial charge is 0.166 e. The van der Waals surface area contributed by atoms with E-state index in [1.807, 2.05) is 72.8 Å². The van der Waals surface area contributed by atoms with Crippen LogP contribution in [0.4, 0.5) is 0 Å². The number of hydrogen-bond donors (Lipinski definition) is 2. The standard InChI is InChI=1S/C26H37NO2.C26H33NO2/c2*1-26(2,3)23-13-11-20(12-14-23)24(28)10-7-17-27-18-15-22(16-19-27)25(29)21-8-5-4-6-9-21/h4-6,8-9,11-14,22,24-25,28-29H,7,10,15-19H2,1-3H3;4-6,8-9,11-14,22H,7,10,15-19H2,1-3H3. The van der Waals surface area contributed by atoms with Crippen LogP contribution in [-0.2, 0) is 10.8 Å². The topological polar surface area (TPSA) is 81.1 Å². The van der Waals surface area contributed by atoms with E-state index in [0.717, 1.165) is 106 Å². The number of aliphatic hydroxyl groups is 2. The predicted octanol–water partition coefficient (Wildman–Crippen LogP) is 10.8. The van der Waals surface area contributed by atoms with E-state index in [1.54, 1.807) is 0 Å². The van der Waals surface area contributed by atoms with Gasteiger partial charge in [-0.2, -0.15) is 0 Å². The molecule has 0 aromatic heterocycles. The first-order valence-corrected chi connectivity index (χ1v) is 21.9. The highest BCUT2D eigenvalue weighted by atomic mass is 16.3. The lowest BCUT2D eigenvalue weighted by Gasteiger charge is -2.34. The van der Waals surface area contributed by atoms with Crippen LogP contribution in [0.1, 0.15) is 148 Å². The quantitative estimate of drug-likeness (QED) is 0.124. The Bertz CT molecular complexity index is 1810. The van der Waals surface area contributed by atoms with Gasteiger partial charge in [-0.15, -0.1) is 0 Å². The maximum absolute atomic E-state index is 12.6. The number of aliphatic hydroxyl groups excluding tert-OH is 2. The number of likely N-dealkylation sites (tertiary alicyclic amines) is 2. The van der Waals surface area contributed by atoms with Crippen molar-refractivity contribution in [2.75, 3.05) is 39.3 Å². The lowest BCUT2D eigenvalue weighted by Crippen LogP contribution is -2.37. The highest BCUT2D eigenvalue weighted by Gasteiger charge is 2.27. The summed E-state index contributed by atoms with van der Waals surface area (Å²) in [6.07, 6.45) is 6.40. The molecule has 2 N–H and O–H groups in total. The SMILES string of the molecule is CC(C)(C)c1ccc(C(=O)CCCN2CCC(C(=O)c3ccccc3)CC2)cc1.CC(C)(C)c1ccc(C(O)CCCN2CCC(C(O)c3ccccc3)CC2)cc1. The predicted molar refractivity (Wildman–Crippen MR) is 239 cm³/mol. The van der Waals surface area contributed by atoms with E-state index < -0.39 is 0 Å². The van der Waals surface area contributed by atoms with Gasteiger partial charge in [-0.05, 0) is 123 Å². The summed E-state index contributed by atoms with van der Waals surface area (Å²) in [6, 6.07) is 36.1. The van der Waals surface area contributed by atoms with Crippen LogP contribution in [0.25, 0.3) is 0 Å². The number of piperidine rings is 2. The number of benzene rings is 4. The fourth-order valence-electron chi connectivity index (χ4n) is 8.32. The second-order valence-electron chi connectivity index (χ2n) is 18.8. The maximum Gasteiger partial charge on any atom is 0.166 e. The molecule has 2 fully saturated rings. The Labute approximate surface area is 349 Å². The number of carbonyl (C=O) groups is 2. The summed E-state index contributed by atoms with van der Waals surface area (Å²) in [5, 5.41) is 21.2. The van der Waals surface area contributed by atoms with E-state index in [1.165, 1.54) is 11.1 Å². The van der Waals surface area contributed by atoms with Crippen molar-refractivity contribution < 1.29 is 19.8 Å². The van der Waals surface area contributed by atoms with E-state index in [-0.39, 0.29) is 40.5 Å². The molecule has 2 unspecified atom stereocenters. The first kappa shape index (κ1) is 45.1. The summed E-state index contributed by atoms with van der Waals surface area (Å²) in [5.41, 5.74) is 6.49. The third kappa shape index (κ3) is 13.6. The van der Waals surface area contributed by atoms with Crippen molar-refractivity contribution in [2.24, 2.45) is 11.8 Å². The second kappa shape index (κ2) is 21.4. The van der Waals surface area contributed by atoms with Crippen molar-refractivity contribution in [3.05, 3.63) is 143 Å². The molecule has 2 saturated heterocycles. The molecule has 4 aromatic rings. The van der Waals surface area contributed by atoms with Crippen LogP contribution in [0, 0.1) is 11.8 Å². The zero-order chi connectivity index (χ0) is 41.7. The van der Waals surface area contributed by atoms with Crippen molar-refractivity contribution in [3.8, 4) is 0 Å². The van der Waals surface area contributed by atoms with Crippen LogP contribution >= 0.6 is 0 Å². The number of nitrogens with zero attached hydrogens (tertiary/aromatic N) is 2. The Morgan fingerprint density at radius 2 is 1.07 bits per heavy atom. The summed E-state index contributed by atoms with van der Waals surface area (Å²) in [6.45, 7) is 19.1. The number of Topliss-reactive ketones (excluding diaryl/α,β-unsaturated/α-hetero) is 2. The van der Waals surface area contributed by atoms with Gasteiger partial charge in [0.1, 0.15) is 0 Å². The molecule has 6 nitrogen and oxygen atoms in total. The molecule has 0 spiro atoms. The van der Waals surface area contributed by atoms with Gasteiger partial charge in [0.05, 0.1) is 12.2 Å². The Morgan fingerprint density at radius 1 is 0.586 bits per heavy atom. The number of hydrogen-bond acceptors (Lipinski definition) is 6. The van der Waals surface area contributed by atoms with E-state index in [2.05, 4.69) is 87.7 Å². The minimum absolute atomic E-state index is 0.107. The van der Waals surface area contributed by atoms with E-state index in [0.29, 0.717) is 12.3 Å². The van der Waals surface area contributed by atoms with E-state index in [9.17, 15) is 19.8 Å². The van der Waals surface area contributed by atoms with Crippen LogP contribution in [0.5, 0.6) is 0 Å². The van der Waals surface area contributed by atoms with Crippen LogP contribution < -0.4 is 0 Å². The molecule has 4 aromatic carbocycles. The van der Waals surface area contributed by atoms with E-state index in [4.69, 9.17) is 0 Å². The highest BCUT2D eigenvalue weighted by molar-refractivity contribution is 5.98. The average Bonchev–Trinajstić information content (AvgIpc) is 3.24. The van der Waals surface area contributed by atoms with Crippen molar-refractivity contribution in [3.63, 3.8) is 0 Å². The molecular formula is C52H70N2O4. The molecule has 0 saturated carbocycles. The van der Waals surface area contributed by atoms with Gasteiger partial charge in [-0.1, -0.05) is 151 Å². The minimum atomic E-state index is -0.388. The van der Waals surface area contributed by atoms with Gasteiger partial charge >= 0.3 is 0 Å². The third-order valence-electron chi connectivity index (χ3n) is 12.3. The van der Waals surface area contributed by atoms with Crippen LogP contribution in [0.15, 0.2) is 109 Å². The lowest BCUT2D eigenvalue weighted by molar-refractivity contribution is 0.0569. The van der Waals surface area contributed by atoms with E-state index >= 15 is 0 Å². The summed E-state index contributed by atoms with van der Waals surface area (Å²) < 4.78 is 0. The fourth-order valence-corrected chi connectivity index (χ4v) is 8.32. The molecule has 58 heavy (non-hydrogen) atoms. The molecule has 312 valence electrons. The number of carbonyl (C=O) groups excluding carboxylic acids is 2. The zero-order valence-corrected chi connectivity index (χ0v) is 36.2. The molecule has 6 rings (SSSR count). The third-order valence-corrected chi connectivity index (χ3v) is 12.3. The Balaban J connectivity index is 0.000000221. The van der Waals surface area contributed by atoms with Gasteiger partial charge in [0.25, 0.3) is 0 Å². The molecule has 0 amide bonds. The molecule has 6 heteroatoms. The van der Waals surface area contributed by atoms with Gasteiger partial charge < -0.3 is 20.0 Å². The van der Waals surface area contributed by atoms with Gasteiger partial charge in [-0.3, -0.25) is 9.59 Å². The number of ketones is 2. The van der Waals surface area contributed by atoms with Crippen molar-refractivity contribution in [2.45, 2.75) is 116 Å². The number of rotatable bonds is 14. The maximum atomic E-state index is 12.6. The van der Waals surface area contributed by atoms with Gasteiger partial charge in [0.15, 0.2) is 11.6 Å². The second-order valence-corrected chi connectivity index (χ2v) is 18.8. The van der Waals surface area contributed by atoms with Gasteiger partial charge in [-0.25, -0.2) is 0 Å². The van der Waals surface area contributed by atoms with Gasteiger partial charge in [0, 0.05) is 23.5 Å². The fraction of sp³-hybridized carbons (Fsp3) is 0.500. The average molecular weight is 787 g/mol. The molecule has 0 radical (unpaired) electrons. The Hall–Kier alpha value is -3.94. The van der Waals surface area contributed by atoms with Gasteiger partial charge in [0.2, 0.25) is 0 Å². The Kier molecular flexibility index (Phi) is 16.6. The van der Waals surface area contributed by atoms with Crippen LogP contribution in [0.3, 0.4) is 0 Å². The van der Waals surface area contributed by atoms with Crippen molar-refractivity contribution >= 4 is 11.6 Å². The first-order chi connectivity index (χ1) is 27.7.